The Hall–Kier alpha value is -1.23. The van der Waals surface area contributed by atoms with E-state index in [1.54, 1.807) is 0 Å². The molecule has 0 aliphatic heterocycles. The van der Waals surface area contributed by atoms with Gasteiger partial charge in [-0.1, -0.05) is 11.3 Å². The van der Waals surface area contributed by atoms with Crippen LogP contribution in [0.3, 0.4) is 0 Å². The van der Waals surface area contributed by atoms with Crippen molar-refractivity contribution in [3.8, 4) is 0 Å². The first-order valence-corrected chi connectivity index (χ1v) is 8.18. The van der Waals surface area contributed by atoms with Crippen molar-refractivity contribution in [2.24, 2.45) is 0 Å². The van der Waals surface area contributed by atoms with Gasteiger partial charge in [0.25, 0.3) is 0 Å². The number of nitrogens with one attached hydrogen (secondary N) is 1. The highest BCUT2D eigenvalue weighted by Crippen LogP contribution is 2.34. The molecule has 0 saturated heterocycles. The molecule has 1 heterocycles. The number of hydrogen-bond donors (Lipinski definition) is 2. The lowest BCUT2D eigenvalue weighted by Gasteiger charge is -2.20. The van der Waals surface area contributed by atoms with E-state index in [0.717, 1.165) is 6.07 Å². The molecule has 0 aliphatic rings. The van der Waals surface area contributed by atoms with Gasteiger partial charge in [0, 0.05) is 25.2 Å². The minimum Gasteiger partial charge on any atom is -0.385 e. The minimum absolute atomic E-state index is 0.116. The molecule has 0 unspecified atom stereocenters. The van der Waals surface area contributed by atoms with Gasteiger partial charge in [-0.3, -0.25) is 10.1 Å². The van der Waals surface area contributed by atoms with E-state index < -0.39 is 14.9 Å². The predicted octanol–water partition coefficient (Wildman–Crippen LogP) is 0.857. The highest BCUT2D eigenvalue weighted by Gasteiger charge is 2.24. The van der Waals surface area contributed by atoms with Gasteiger partial charge in [-0.05, 0) is 20.9 Å². The number of likely N-dealkylation sites (N-methyl/N-ethyl adjacent to an activating group) is 1. The van der Waals surface area contributed by atoms with Crippen molar-refractivity contribution in [1.29, 1.82) is 0 Å². The fourth-order valence-corrected chi connectivity index (χ4v) is 3.61. The van der Waals surface area contributed by atoms with Gasteiger partial charge < -0.3 is 10.6 Å². The Bertz CT molecular complexity index is 582. The second kappa shape index (κ2) is 6.48. The third-order valence-corrected chi connectivity index (χ3v) is 5.71. The summed E-state index contributed by atoms with van der Waals surface area (Å²) in [5.74, 6) is 0. The van der Waals surface area contributed by atoms with E-state index in [0.29, 0.717) is 23.9 Å². The van der Waals surface area contributed by atoms with Crippen molar-refractivity contribution < 1.29 is 13.3 Å². The number of rotatable bonds is 7. The second-order valence-corrected chi connectivity index (χ2v) is 7.62. The van der Waals surface area contributed by atoms with Gasteiger partial charge in [0.1, 0.15) is 4.21 Å². The zero-order valence-electron chi connectivity index (χ0n) is 11.5. The maximum Gasteiger partial charge on any atom is 0.304 e. The Morgan fingerprint density at radius 1 is 1.55 bits per heavy atom. The number of nitrogen functional groups attached to an aromatic ring is 1. The van der Waals surface area contributed by atoms with Gasteiger partial charge in [-0.25, -0.2) is 13.1 Å². The molecule has 20 heavy (non-hydrogen) atoms. The van der Waals surface area contributed by atoms with E-state index in [2.05, 4.69) is 4.72 Å². The number of anilines is 1. The van der Waals surface area contributed by atoms with E-state index in [1.807, 2.05) is 25.8 Å². The van der Waals surface area contributed by atoms with Crippen LogP contribution in [0.2, 0.25) is 0 Å². The van der Waals surface area contributed by atoms with Crippen LogP contribution in [0.15, 0.2) is 10.3 Å². The fourth-order valence-electron chi connectivity index (χ4n) is 1.33. The average molecular weight is 322 g/mol. The fraction of sp³-hybridized carbons (Fsp3) is 0.600. The number of nitrogens with two attached hydrogens (primary N) is 1. The number of nitro groups is 1. The lowest BCUT2D eigenvalue weighted by atomic mass is 10.3. The molecule has 0 aromatic carbocycles. The molecule has 0 spiro atoms. The van der Waals surface area contributed by atoms with Crippen LogP contribution in [-0.4, -0.2) is 44.4 Å². The van der Waals surface area contributed by atoms with Crippen LogP contribution in [0.4, 0.5) is 10.7 Å². The van der Waals surface area contributed by atoms with Crippen LogP contribution in [0.5, 0.6) is 0 Å². The molecule has 1 aromatic heterocycles. The van der Waals surface area contributed by atoms with E-state index in [1.165, 1.54) is 0 Å². The normalized spacial score (nSPS) is 12.2. The highest BCUT2D eigenvalue weighted by molar-refractivity contribution is 7.91. The van der Waals surface area contributed by atoms with E-state index >= 15 is 0 Å². The lowest BCUT2D eigenvalue weighted by Crippen LogP contribution is -2.35. The molecule has 0 saturated carbocycles. The Labute approximate surface area is 121 Å². The van der Waals surface area contributed by atoms with Gasteiger partial charge in [0.15, 0.2) is 5.00 Å². The van der Waals surface area contributed by atoms with Gasteiger partial charge >= 0.3 is 5.69 Å². The quantitative estimate of drug-likeness (QED) is 0.567. The average Bonchev–Trinajstić information content (AvgIpc) is 2.71. The molecular formula is C10H18N4O4S2. The topological polar surface area (TPSA) is 119 Å². The Balaban J connectivity index is 2.75. The van der Waals surface area contributed by atoms with E-state index in [-0.39, 0.29) is 21.4 Å². The third kappa shape index (κ3) is 4.13. The van der Waals surface area contributed by atoms with Gasteiger partial charge in [0.05, 0.1) is 4.92 Å². The number of hydrogen-bond acceptors (Lipinski definition) is 7. The summed E-state index contributed by atoms with van der Waals surface area (Å²) in [6.45, 7) is 4.76. The van der Waals surface area contributed by atoms with Crippen LogP contribution in [0, 0.1) is 10.1 Å². The van der Waals surface area contributed by atoms with Crippen molar-refractivity contribution in [3.05, 3.63) is 16.2 Å². The minimum atomic E-state index is -3.76. The lowest BCUT2D eigenvalue weighted by molar-refractivity contribution is -0.383. The summed E-state index contributed by atoms with van der Waals surface area (Å²) in [6.07, 6.45) is 0. The van der Waals surface area contributed by atoms with E-state index in [4.69, 9.17) is 5.73 Å². The number of thiophene rings is 1. The Kier molecular flexibility index (Phi) is 5.45. The van der Waals surface area contributed by atoms with Crippen LogP contribution < -0.4 is 10.5 Å². The van der Waals surface area contributed by atoms with Crippen LogP contribution in [-0.2, 0) is 10.0 Å². The molecule has 3 N–H and O–H groups in total. The van der Waals surface area contributed by atoms with Crippen molar-refractivity contribution in [1.82, 2.24) is 9.62 Å². The second-order valence-electron chi connectivity index (χ2n) is 4.54. The zero-order valence-corrected chi connectivity index (χ0v) is 13.1. The van der Waals surface area contributed by atoms with Crippen LogP contribution >= 0.6 is 11.3 Å². The first kappa shape index (κ1) is 16.8. The highest BCUT2D eigenvalue weighted by atomic mass is 32.2. The van der Waals surface area contributed by atoms with Crippen LogP contribution in [0.1, 0.15) is 13.8 Å². The molecule has 114 valence electrons. The monoisotopic (exact) mass is 322 g/mol. The molecule has 1 aromatic rings. The standard InChI is InChI=1S/C10H18N4O4S2/c1-7(2)13(3)5-4-12-20(17,18)9-6-8(14(15)16)10(11)19-9/h6-7,12H,4-5,11H2,1-3H3. The molecule has 1 rings (SSSR count). The first-order valence-electron chi connectivity index (χ1n) is 5.88. The molecule has 0 aliphatic carbocycles. The van der Waals surface area contributed by atoms with Crippen molar-refractivity contribution in [2.45, 2.75) is 24.1 Å². The molecular weight excluding hydrogens is 304 g/mol. The summed E-state index contributed by atoms with van der Waals surface area (Å²) in [7, 11) is -1.88. The summed E-state index contributed by atoms with van der Waals surface area (Å²) in [6, 6.07) is 1.28. The maximum atomic E-state index is 12.0. The predicted molar refractivity (Wildman–Crippen MR) is 78.3 cm³/mol. The first-order chi connectivity index (χ1) is 9.15. The third-order valence-electron chi connectivity index (χ3n) is 2.82. The zero-order chi connectivity index (χ0) is 15.5. The summed E-state index contributed by atoms with van der Waals surface area (Å²) < 4.78 is 26.2. The molecule has 0 amide bonds. The van der Waals surface area contributed by atoms with Crippen molar-refractivity contribution in [2.75, 3.05) is 25.9 Å². The number of sulfonamides is 1. The van der Waals surface area contributed by atoms with Gasteiger partial charge in [0.2, 0.25) is 10.0 Å². The molecule has 0 atom stereocenters. The SMILES string of the molecule is CC(C)N(C)CCNS(=O)(=O)c1cc([N+](=O)[O-])c(N)s1. The van der Waals surface area contributed by atoms with Gasteiger partial charge in [-0.2, -0.15) is 0 Å². The van der Waals surface area contributed by atoms with E-state index in [9.17, 15) is 18.5 Å². The van der Waals surface area contributed by atoms with Crippen molar-refractivity contribution in [3.63, 3.8) is 0 Å². The Morgan fingerprint density at radius 3 is 2.60 bits per heavy atom. The summed E-state index contributed by atoms with van der Waals surface area (Å²) >= 11 is 0.687. The maximum absolute atomic E-state index is 12.0. The smallest absolute Gasteiger partial charge is 0.304 e. The molecule has 0 fully saturated rings. The molecule has 8 nitrogen and oxygen atoms in total. The summed E-state index contributed by atoms with van der Waals surface area (Å²) in [5.41, 5.74) is 5.05. The largest absolute Gasteiger partial charge is 0.385 e. The van der Waals surface area contributed by atoms with Crippen molar-refractivity contribution >= 4 is 32.0 Å². The molecule has 0 radical (unpaired) electrons. The van der Waals surface area contributed by atoms with Gasteiger partial charge in [-0.15, -0.1) is 0 Å². The summed E-state index contributed by atoms with van der Waals surface area (Å²) in [4.78, 5) is 11.9. The molecule has 10 heteroatoms. The molecule has 0 bridgehead atoms. The number of nitrogens with zero attached hydrogens (tertiary/aromatic N) is 2. The van der Waals surface area contributed by atoms with Crippen LogP contribution in [0.25, 0.3) is 0 Å². The Morgan fingerprint density at radius 2 is 2.15 bits per heavy atom. The summed E-state index contributed by atoms with van der Waals surface area (Å²) in [5, 5.41) is 10.5.